The number of carbonyl (C=O) groups is 1. The van der Waals surface area contributed by atoms with Gasteiger partial charge in [-0.15, -0.1) is 0 Å². The van der Waals surface area contributed by atoms with Gasteiger partial charge in [-0.05, 0) is 23.7 Å². The number of ether oxygens (including phenoxy) is 2. The minimum atomic E-state index is -2.15. The van der Waals surface area contributed by atoms with Crippen molar-refractivity contribution in [2.45, 2.75) is 77.0 Å². The third-order valence-corrected chi connectivity index (χ3v) is 9.82. The van der Waals surface area contributed by atoms with Gasteiger partial charge in [0.25, 0.3) is 0 Å². The van der Waals surface area contributed by atoms with Crippen LogP contribution in [0.5, 0.6) is 0 Å². The fourth-order valence-electron chi connectivity index (χ4n) is 2.80. The predicted molar refractivity (Wildman–Crippen MR) is 107 cm³/mol. The predicted octanol–water partition coefficient (Wildman–Crippen LogP) is 2.82. The quantitative estimate of drug-likeness (QED) is 0.694. The number of aliphatic hydroxyl groups excluding tert-OH is 1. The van der Waals surface area contributed by atoms with Gasteiger partial charge in [-0.3, -0.25) is 4.79 Å². The maximum absolute atomic E-state index is 11.7. The van der Waals surface area contributed by atoms with E-state index in [0.717, 1.165) is 5.56 Å². The molecule has 1 heterocycles. The third-order valence-electron chi connectivity index (χ3n) is 5.35. The number of carbonyl (C=O) groups excluding carboxylic acids is 1. The molecular formula is C20H33NO5Si. The van der Waals surface area contributed by atoms with Crippen LogP contribution >= 0.6 is 0 Å². The smallest absolute Gasteiger partial charge is 0.217 e. The van der Waals surface area contributed by atoms with E-state index in [9.17, 15) is 9.90 Å². The molecule has 1 saturated heterocycles. The van der Waals surface area contributed by atoms with Crippen LogP contribution in [0.1, 0.15) is 33.3 Å². The van der Waals surface area contributed by atoms with E-state index in [-0.39, 0.29) is 17.6 Å². The average Bonchev–Trinajstić information content (AvgIpc) is 2.82. The summed E-state index contributed by atoms with van der Waals surface area (Å²) in [6, 6.07) is 9.38. The Labute approximate surface area is 163 Å². The van der Waals surface area contributed by atoms with Gasteiger partial charge in [0.1, 0.15) is 12.2 Å². The highest BCUT2D eigenvalue weighted by Crippen LogP contribution is 2.39. The molecule has 6 nitrogen and oxygen atoms in total. The van der Waals surface area contributed by atoms with Crippen molar-refractivity contribution in [1.82, 2.24) is 5.32 Å². The lowest BCUT2D eigenvalue weighted by molar-refractivity contribution is -0.135. The van der Waals surface area contributed by atoms with Crippen molar-refractivity contribution >= 4 is 14.2 Å². The number of nitrogens with one attached hydrogen (secondary N) is 1. The van der Waals surface area contributed by atoms with Crippen LogP contribution in [0.2, 0.25) is 18.1 Å². The summed E-state index contributed by atoms with van der Waals surface area (Å²) in [5.74, 6) is -0.186. The lowest BCUT2D eigenvalue weighted by Crippen LogP contribution is -2.54. The number of hydrogen-bond acceptors (Lipinski definition) is 5. The van der Waals surface area contributed by atoms with E-state index in [1.54, 1.807) is 0 Å². The molecule has 1 fully saturated rings. The molecule has 7 heteroatoms. The average molecular weight is 396 g/mol. The standard InChI is InChI=1S/C20H33NO5Si/c1-14(22)21-17-16(13-24-12-15-10-8-7-9-11-15)25-19(23)18(17)26-27(5,6)20(2,3)4/h7-11,16-19,23H,12-13H2,1-6H3,(H,21,22)/t16-,17?,18+,19-/m1/s1. The zero-order valence-corrected chi connectivity index (χ0v) is 18.2. The monoisotopic (exact) mass is 395 g/mol. The summed E-state index contributed by atoms with van der Waals surface area (Å²) in [5, 5.41) is 13.3. The molecule has 2 N–H and O–H groups in total. The summed E-state index contributed by atoms with van der Waals surface area (Å²) in [7, 11) is -2.15. The minimum absolute atomic E-state index is 0.0185. The van der Waals surface area contributed by atoms with E-state index >= 15 is 0 Å². The third kappa shape index (κ3) is 5.86. The summed E-state index contributed by atoms with van der Waals surface area (Å²) in [4.78, 5) is 11.7. The highest BCUT2D eigenvalue weighted by atomic mass is 28.4. The number of aliphatic hydroxyl groups is 1. The van der Waals surface area contributed by atoms with Crippen molar-refractivity contribution in [1.29, 1.82) is 0 Å². The van der Waals surface area contributed by atoms with E-state index in [1.165, 1.54) is 6.92 Å². The number of rotatable bonds is 7. The van der Waals surface area contributed by atoms with Crippen LogP contribution in [-0.2, 0) is 25.3 Å². The molecular weight excluding hydrogens is 362 g/mol. The molecule has 0 aliphatic carbocycles. The van der Waals surface area contributed by atoms with Gasteiger partial charge >= 0.3 is 0 Å². The highest BCUT2D eigenvalue weighted by molar-refractivity contribution is 6.74. The van der Waals surface area contributed by atoms with Crippen molar-refractivity contribution in [3.63, 3.8) is 0 Å². The Balaban J connectivity index is 2.05. The Hall–Kier alpha value is -1.25. The molecule has 1 aliphatic heterocycles. The zero-order chi connectivity index (χ0) is 20.2. The second kappa shape index (κ2) is 8.83. The number of benzene rings is 1. The lowest BCUT2D eigenvalue weighted by atomic mass is 10.1. The first-order chi connectivity index (χ1) is 12.5. The summed E-state index contributed by atoms with van der Waals surface area (Å²) < 4.78 is 17.9. The van der Waals surface area contributed by atoms with Crippen molar-refractivity contribution < 1.29 is 23.8 Å². The second-order valence-electron chi connectivity index (χ2n) is 8.63. The fraction of sp³-hybridized carbons (Fsp3) is 0.650. The lowest BCUT2D eigenvalue weighted by Gasteiger charge is -2.40. The Bertz CT molecular complexity index is 617. The van der Waals surface area contributed by atoms with E-state index < -0.39 is 32.9 Å². The van der Waals surface area contributed by atoms with Gasteiger partial charge in [-0.2, -0.15) is 0 Å². The first kappa shape index (κ1) is 22.0. The van der Waals surface area contributed by atoms with Crippen molar-refractivity contribution in [3.8, 4) is 0 Å². The first-order valence-electron chi connectivity index (χ1n) is 9.41. The summed E-state index contributed by atoms with van der Waals surface area (Å²) >= 11 is 0. The van der Waals surface area contributed by atoms with Gasteiger partial charge in [-0.25, -0.2) is 0 Å². The van der Waals surface area contributed by atoms with Crippen LogP contribution in [0, 0.1) is 0 Å². The molecule has 0 saturated carbocycles. The number of hydrogen-bond donors (Lipinski definition) is 2. The van der Waals surface area contributed by atoms with Crippen molar-refractivity contribution in [2.75, 3.05) is 6.61 Å². The molecule has 4 atom stereocenters. The molecule has 1 aromatic carbocycles. The Morgan fingerprint density at radius 3 is 2.44 bits per heavy atom. The van der Waals surface area contributed by atoms with Crippen LogP contribution in [0.15, 0.2) is 30.3 Å². The molecule has 0 bridgehead atoms. The topological polar surface area (TPSA) is 77.0 Å². The molecule has 1 amide bonds. The van der Waals surface area contributed by atoms with E-state index in [4.69, 9.17) is 13.9 Å². The largest absolute Gasteiger partial charge is 0.407 e. The summed E-state index contributed by atoms with van der Waals surface area (Å²) in [5.41, 5.74) is 1.06. The maximum atomic E-state index is 11.7. The van der Waals surface area contributed by atoms with Gasteiger partial charge in [-0.1, -0.05) is 51.1 Å². The van der Waals surface area contributed by atoms with Crippen LogP contribution in [0.3, 0.4) is 0 Å². The minimum Gasteiger partial charge on any atom is -0.407 e. The molecule has 1 aliphatic rings. The van der Waals surface area contributed by atoms with Crippen molar-refractivity contribution in [3.05, 3.63) is 35.9 Å². The highest BCUT2D eigenvalue weighted by Gasteiger charge is 2.50. The number of amides is 1. The molecule has 27 heavy (non-hydrogen) atoms. The van der Waals surface area contributed by atoms with E-state index in [0.29, 0.717) is 6.61 Å². The molecule has 0 aromatic heterocycles. The van der Waals surface area contributed by atoms with Gasteiger partial charge in [0.15, 0.2) is 14.6 Å². The summed E-state index contributed by atoms with van der Waals surface area (Å²) in [6.45, 7) is 12.8. The normalized spacial score (nSPS) is 26.2. The van der Waals surface area contributed by atoms with Gasteiger partial charge in [0.05, 0.1) is 19.3 Å². The Morgan fingerprint density at radius 2 is 1.89 bits per heavy atom. The SMILES string of the molecule is CC(=O)NC1[C@@H](COCc2ccccc2)O[C@@H](O)[C@H]1O[Si](C)(C)C(C)(C)C. The maximum Gasteiger partial charge on any atom is 0.217 e. The van der Waals surface area contributed by atoms with Crippen LogP contribution < -0.4 is 5.32 Å². The van der Waals surface area contributed by atoms with Crippen molar-refractivity contribution in [2.24, 2.45) is 0 Å². The zero-order valence-electron chi connectivity index (χ0n) is 17.2. The first-order valence-corrected chi connectivity index (χ1v) is 12.3. The van der Waals surface area contributed by atoms with E-state index in [1.807, 2.05) is 30.3 Å². The summed E-state index contributed by atoms with van der Waals surface area (Å²) in [6.07, 6.45) is -2.18. The molecule has 1 unspecified atom stereocenters. The fourth-order valence-corrected chi connectivity index (χ4v) is 4.10. The van der Waals surface area contributed by atoms with Crippen LogP contribution in [0.25, 0.3) is 0 Å². The van der Waals surface area contributed by atoms with Crippen LogP contribution in [-0.4, -0.2) is 50.5 Å². The van der Waals surface area contributed by atoms with E-state index in [2.05, 4.69) is 39.2 Å². The Morgan fingerprint density at radius 1 is 1.26 bits per heavy atom. The molecule has 152 valence electrons. The molecule has 0 radical (unpaired) electrons. The van der Waals surface area contributed by atoms with Gasteiger partial charge in [0.2, 0.25) is 5.91 Å². The molecule has 0 spiro atoms. The second-order valence-corrected chi connectivity index (χ2v) is 13.4. The van der Waals surface area contributed by atoms with Gasteiger partial charge < -0.3 is 24.3 Å². The molecule has 2 rings (SSSR count). The van der Waals surface area contributed by atoms with Gasteiger partial charge in [0, 0.05) is 6.92 Å². The van der Waals surface area contributed by atoms with Crippen LogP contribution in [0.4, 0.5) is 0 Å². The molecule has 1 aromatic rings. The Kier molecular flexibility index (Phi) is 7.21.